The van der Waals surface area contributed by atoms with E-state index >= 15 is 0 Å². The first-order valence-electron chi connectivity index (χ1n) is 11.3. The first-order valence-corrected chi connectivity index (χ1v) is 11.3. The molecule has 3 aliphatic rings. The molecule has 33 heavy (non-hydrogen) atoms. The van der Waals surface area contributed by atoms with Gasteiger partial charge >= 0.3 is 6.29 Å². The maximum atomic E-state index is 13.4. The molecule has 0 unspecified atom stereocenters. The number of nitrogens with zero attached hydrogens (tertiary/aromatic N) is 1. The molecule has 2 saturated carbocycles. The topological polar surface area (TPSA) is 72.7 Å². The third kappa shape index (κ3) is 3.35. The van der Waals surface area contributed by atoms with Crippen LogP contribution in [0.5, 0.6) is 11.5 Å². The number of benzene rings is 2. The predicted octanol–water partition coefficient (Wildman–Crippen LogP) is 5.14. The normalized spacial score (nSPS) is 20.0. The van der Waals surface area contributed by atoms with Crippen LogP contribution in [0.15, 0.2) is 42.5 Å². The van der Waals surface area contributed by atoms with E-state index in [1.54, 1.807) is 6.07 Å². The van der Waals surface area contributed by atoms with Crippen molar-refractivity contribution in [3.05, 3.63) is 53.7 Å². The van der Waals surface area contributed by atoms with Gasteiger partial charge in [-0.25, -0.2) is 0 Å². The van der Waals surface area contributed by atoms with Crippen molar-refractivity contribution in [1.29, 1.82) is 0 Å². The van der Waals surface area contributed by atoms with Crippen molar-refractivity contribution in [2.24, 2.45) is 0 Å². The largest absolute Gasteiger partial charge is 0.586 e. The lowest BCUT2D eigenvalue weighted by Gasteiger charge is -2.27. The molecule has 0 saturated heterocycles. The number of rotatable bonds is 6. The first kappa shape index (κ1) is 20.5. The van der Waals surface area contributed by atoms with Gasteiger partial charge in [0, 0.05) is 30.3 Å². The van der Waals surface area contributed by atoms with Gasteiger partial charge in [-0.2, -0.15) is 0 Å². The quantitative estimate of drug-likeness (QED) is 0.539. The van der Waals surface area contributed by atoms with Crippen LogP contribution in [0, 0.1) is 0 Å². The summed E-state index contributed by atoms with van der Waals surface area (Å²) in [6.07, 6.45) is 1.14. The van der Waals surface area contributed by atoms with E-state index in [1.165, 1.54) is 24.2 Å². The fourth-order valence-electron chi connectivity index (χ4n) is 5.03. The number of aliphatic hydroxyl groups excluding tert-OH is 1. The van der Waals surface area contributed by atoms with Crippen LogP contribution >= 0.6 is 0 Å². The third-order valence-electron chi connectivity index (χ3n) is 7.18. The van der Waals surface area contributed by atoms with E-state index in [9.17, 15) is 18.7 Å². The lowest BCUT2D eigenvalue weighted by molar-refractivity contribution is -0.286. The van der Waals surface area contributed by atoms with Crippen molar-refractivity contribution in [2.75, 3.05) is 11.9 Å². The third-order valence-corrected chi connectivity index (χ3v) is 7.18. The summed E-state index contributed by atoms with van der Waals surface area (Å²) in [5, 5.41) is 13.6. The minimum atomic E-state index is -3.68. The lowest BCUT2D eigenvalue weighted by Crippen LogP contribution is -2.27. The Morgan fingerprint density at radius 2 is 1.91 bits per heavy atom. The summed E-state index contributed by atoms with van der Waals surface area (Å²) in [5.41, 5.74) is 2.85. The molecule has 2 aliphatic carbocycles. The molecule has 1 amide bonds. The number of amides is 1. The number of aliphatic hydroxyl groups is 1. The maximum Gasteiger partial charge on any atom is 0.586 e. The number of aromatic nitrogens is 1. The molecule has 2 N–H and O–H groups in total. The number of carbonyl (C=O) groups excluding carboxylic acids is 1. The zero-order chi connectivity index (χ0) is 22.8. The van der Waals surface area contributed by atoms with Gasteiger partial charge in [-0.15, -0.1) is 8.78 Å². The Morgan fingerprint density at radius 1 is 1.12 bits per heavy atom. The zero-order valence-electron chi connectivity index (χ0n) is 17.9. The summed E-state index contributed by atoms with van der Waals surface area (Å²) in [6.45, 7) is 0.624. The van der Waals surface area contributed by atoms with Crippen molar-refractivity contribution in [2.45, 2.75) is 56.3 Å². The van der Waals surface area contributed by atoms with Crippen molar-refractivity contribution in [1.82, 2.24) is 4.57 Å². The molecule has 8 heteroatoms. The van der Waals surface area contributed by atoms with E-state index < -0.39 is 11.7 Å². The van der Waals surface area contributed by atoms with Crippen LogP contribution in [-0.2, 0) is 16.8 Å². The molecule has 0 bridgehead atoms. The molecule has 1 aromatic heterocycles. The van der Waals surface area contributed by atoms with Crippen LogP contribution in [0.1, 0.15) is 50.7 Å². The number of halogens is 2. The number of hydrogen-bond acceptors (Lipinski definition) is 4. The number of anilines is 1. The number of fused-ring (bicyclic) bond motifs is 2. The molecule has 6 nitrogen and oxygen atoms in total. The van der Waals surface area contributed by atoms with Crippen LogP contribution in [0.2, 0.25) is 0 Å². The average molecular weight is 456 g/mol. The van der Waals surface area contributed by atoms with Gasteiger partial charge in [0.25, 0.3) is 0 Å². The van der Waals surface area contributed by atoms with E-state index in [0.717, 1.165) is 23.7 Å². The Labute approximate surface area is 190 Å². The van der Waals surface area contributed by atoms with Gasteiger partial charge in [-0.05, 0) is 73.6 Å². The van der Waals surface area contributed by atoms with E-state index in [-0.39, 0.29) is 25.4 Å². The Morgan fingerprint density at radius 3 is 2.61 bits per heavy atom. The number of ether oxygens (including phenoxy) is 2. The first-order chi connectivity index (χ1) is 15.9. The summed E-state index contributed by atoms with van der Waals surface area (Å²) in [6, 6.07) is 12.5. The highest BCUT2D eigenvalue weighted by Gasteiger charge is 2.52. The van der Waals surface area contributed by atoms with Crippen LogP contribution in [-0.4, -0.2) is 28.5 Å². The Hall–Kier alpha value is -3.13. The molecule has 2 aromatic carbocycles. The Balaban J connectivity index is 0.00000241. The van der Waals surface area contributed by atoms with Crippen molar-refractivity contribution < 1.29 is 29.6 Å². The number of carbonyl (C=O) groups is 1. The summed E-state index contributed by atoms with van der Waals surface area (Å²) in [7, 11) is 0. The van der Waals surface area contributed by atoms with Gasteiger partial charge in [-0.1, -0.05) is 12.5 Å². The van der Waals surface area contributed by atoms with E-state index in [4.69, 9.17) is 0 Å². The molecule has 2 fully saturated rings. The highest BCUT2D eigenvalue weighted by Crippen LogP contribution is 2.52. The number of hydrogen-bond donors (Lipinski definition) is 2. The van der Waals surface area contributed by atoms with Gasteiger partial charge < -0.3 is 24.5 Å². The number of nitrogens with one attached hydrogen (secondary N) is 1. The summed E-state index contributed by atoms with van der Waals surface area (Å²) < 4.78 is 37.9. The molecule has 174 valence electrons. The summed E-state index contributed by atoms with van der Waals surface area (Å²) in [4.78, 5) is 13.2. The van der Waals surface area contributed by atoms with E-state index in [2.05, 4.69) is 25.4 Å². The molecule has 3 aromatic rings. The molecule has 6 rings (SSSR count). The Bertz CT molecular complexity index is 1270. The second kappa shape index (κ2) is 7.18. The molecular formula is C25H26F2N2O4. The van der Waals surface area contributed by atoms with Gasteiger partial charge in [0.05, 0.1) is 12.0 Å². The minimum absolute atomic E-state index is 0. The molecule has 0 spiro atoms. The standard InChI is InChI=1S/C25H24F2N2O4.H2/c26-25(27)32-21-7-4-17(14-22(21)33-25)24(8-9-24)23(31)28-18-5-6-19-16(12-18)13-20(15-2-1-3-15)29(19)10-11-30;/h4-7,12-15,30H,1-3,8-11H2,(H,28,31);1H. The van der Waals surface area contributed by atoms with Gasteiger partial charge in [-0.3, -0.25) is 4.79 Å². The van der Waals surface area contributed by atoms with Crippen LogP contribution < -0.4 is 14.8 Å². The van der Waals surface area contributed by atoms with Gasteiger partial charge in [0.1, 0.15) is 0 Å². The number of alkyl halides is 2. The smallest absolute Gasteiger partial charge is 0.395 e. The van der Waals surface area contributed by atoms with Gasteiger partial charge in [0.2, 0.25) is 5.91 Å². The van der Waals surface area contributed by atoms with Crippen molar-refractivity contribution in [3.8, 4) is 11.5 Å². The van der Waals surface area contributed by atoms with Crippen LogP contribution in [0.25, 0.3) is 10.9 Å². The van der Waals surface area contributed by atoms with E-state index in [0.29, 0.717) is 36.6 Å². The minimum Gasteiger partial charge on any atom is -0.395 e. The monoisotopic (exact) mass is 456 g/mol. The predicted molar refractivity (Wildman–Crippen MR) is 120 cm³/mol. The summed E-state index contributed by atoms with van der Waals surface area (Å²) in [5.74, 6) is 0.281. The molecular weight excluding hydrogens is 430 g/mol. The summed E-state index contributed by atoms with van der Waals surface area (Å²) >= 11 is 0. The van der Waals surface area contributed by atoms with Crippen molar-refractivity contribution >= 4 is 22.5 Å². The highest BCUT2D eigenvalue weighted by atomic mass is 19.3. The second-order valence-electron chi connectivity index (χ2n) is 9.21. The lowest BCUT2D eigenvalue weighted by atomic mass is 9.83. The fraction of sp³-hybridized carbons (Fsp3) is 0.400. The van der Waals surface area contributed by atoms with Crippen LogP contribution in [0.4, 0.5) is 14.5 Å². The van der Waals surface area contributed by atoms with E-state index in [1.807, 2.05) is 18.2 Å². The van der Waals surface area contributed by atoms with Gasteiger partial charge in [0.15, 0.2) is 11.5 Å². The SMILES string of the molecule is O=C(Nc1ccc2c(c1)cc(C1CCC1)n2CCO)C1(c2ccc3c(c2)OC(F)(F)O3)CC1.[HH]. The zero-order valence-corrected chi connectivity index (χ0v) is 17.9. The molecule has 2 heterocycles. The molecule has 1 aliphatic heterocycles. The average Bonchev–Trinajstić information content (AvgIpc) is 3.39. The second-order valence-corrected chi connectivity index (χ2v) is 9.21. The van der Waals surface area contributed by atoms with Crippen LogP contribution in [0.3, 0.4) is 0 Å². The fourth-order valence-corrected chi connectivity index (χ4v) is 5.03. The Kier molecular flexibility index (Phi) is 4.46. The maximum absolute atomic E-state index is 13.4. The highest BCUT2D eigenvalue weighted by molar-refractivity contribution is 6.02. The molecule has 0 atom stereocenters. The van der Waals surface area contributed by atoms with Crippen molar-refractivity contribution in [3.63, 3.8) is 0 Å². The molecule has 0 radical (unpaired) electrons.